The highest BCUT2D eigenvalue weighted by molar-refractivity contribution is 5.68. The van der Waals surface area contributed by atoms with Gasteiger partial charge in [0.1, 0.15) is 0 Å². The van der Waals surface area contributed by atoms with Gasteiger partial charge >= 0.3 is 5.97 Å². The highest BCUT2D eigenvalue weighted by atomic mass is 16.4. The van der Waals surface area contributed by atoms with Gasteiger partial charge in [0.15, 0.2) is 0 Å². The Kier molecular flexibility index (Phi) is 5.71. The Morgan fingerprint density at radius 1 is 1.46 bits per heavy atom. The van der Waals surface area contributed by atoms with Crippen molar-refractivity contribution in [2.45, 2.75) is 51.5 Å². The fourth-order valence-corrected chi connectivity index (χ4v) is 1.58. The monoisotopic (exact) mass is 187 g/mol. The van der Waals surface area contributed by atoms with Crippen molar-refractivity contribution in [3.8, 4) is 0 Å². The lowest BCUT2D eigenvalue weighted by atomic mass is 9.86. The number of carboxylic acids is 1. The van der Waals surface area contributed by atoms with Gasteiger partial charge < -0.3 is 10.4 Å². The van der Waals surface area contributed by atoms with Crippen molar-refractivity contribution in [2.24, 2.45) is 0 Å². The third kappa shape index (κ3) is 4.27. The Morgan fingerprint density at radius 2 is 2.08 bits per heavy atom. The standard InChI is InChI=1S/C10H21NO2/c1-4-6-7-10(5-2,11-3)8-9(12)13/h11H,4-8H2,1-3H3,(H,12,13). The van der Waals surface area contributed by atoms with Crippen molar-refractivity contribution in [1.82, 2.24) is 5.32 Å². The number of rotatable bonds is 7. The Balaban J connectivity index is 4.21. The molecule has 0 amide bonds. The minimum atomic E-state index is -0.715. The number of carbonyl (C=O) groups is 1. The second-order valence-corrected chi connectivity index (χ2v) is 3.56. The average Bonchev–Trinajstić information content (AvgIpc) is 2.12. The molecule has 2 N–H and O–H groups in total. The molecule has 13 heavy (non-hydrogen) atoms. The van der Waals surface area contributed by atoms with E-state index in [2.05, 4.69) is 12.2 Å². The first-order chi connectivity index (χ1) is 6.10. The van der Waals surface area contributed by atoms with Crippen LogP contribution < -0.4 is 5.32 Å². The molecule has 0 rings (SSSR count). The maximum absolute atomic E-state index is 10.7. The van der Waals surface area contributed by atoms with Crippen LogP contribution in [0.1, 0.15) is 46.0 Å². The molecule has 0 saturated heterocycles. The summed E-state index contributed by atoms with van der Waals surface area (Å²) < 4.78 is 0. The lowest BCUT2D eigenvalue weighted by Gasteiger charge is -2.30. The summed E-state index contributed by atoms with van der Waals surface area (Å²) in [7, 11) is 1.85. The summed E-state index contributed by atoms with van der Waals surface area (Å²) in [6.07, 6.45) is 4.24. The molecule has 0 aromatic carbocycles. The molecule has 1 unspecified atom stereocenters. The second-order valence-electron chi connectivity index (χ2n) is 3.56. The second kappa shape index (κ2) is 5.97. The lowest BCUT2D eigenvalue weighted by Crippen LogP contribution is -2.44. The van der Waals surface area contributed by atoms with Gasteiger partial charge in [-0.15, -0.1) is 0 Å². The lowest BCUT2D eigenvalue weighted by molar-refractivity contribution is -0.138. The van der Waals surface area contributed by atoms with E-state index in [1.807, 2.05) is 14.0 Å². The Labute approximate surface area is 80.5 Å². The smallest absolute Gasteiger partial charge is 0.305 e. The van der Waals surface area contributed by atoms with Crippen LogP contribution in [0.5, 0.6) is 0 Å². The maximum Gasteiger partial charge on any atom is 0.305 e. The Morgan fingerprint density at radius 3 is 2.38 bits per heavy atom. The zero-order chi connectivity index (χ0) is 10.3. The molecule has 0 heterocycles. The molecule has 0 saturated carbocycles. The van der Waals surface area contributed by atoms with Crippen LogP contribution in [0.3, 0.4) is 0 Å². The van der Waals surface area contributed by atoms with E-state index in [9.17, 15) is 4.79 Å². The summed E-state index contributed by atoms with van der Waals surface area (Å²) in [6.45, 7) is 4.16. The summed E-state index contributed by atoms with van der Waals surface area (Å²) >= 11 is 0. The molecule has 0 spiro atoms. The predicted octanol–water partition coefficient (Wildman–Crippen LogP) is 2.02. The van der Waals surface area contributed by atoms with Gasteiger partial charge in [0.05, 0.1) is 6.42 Å². The molecule has 0 fully saturated rings. The topological polar surface area (TPSA) is 49.3 Å². The van der Waals surface area contributed by atoms with Crippen molar-refractivity contribution in [3.63, 3.8) is 0 Å². The third-order valence-corrected chi connectivity index (χ3v) is 2.71. The van der Waals surface area contributed by atoms with Crippen molar-refractivity contribution in [1.29, 1.82) is 0 Å². The molecule has 0 aromatic rings. The number of hydrogen-bond donors (Lipinski definition) is 2. The van der Waals surface area contributed by atoms with Crippen LogP contribution in [0.2, 0.25) is 0 Å². The van der Waals surface area contributed by atoms with Crippen LogP contribution in [-0.4, -0.2) is 23.7 Å². The van der Waals surface area contributed by atoms with E-state index in [4.69, 9.17) is 5.11 Å². The van der Waals surface area contributed by atoms with Crippen LogP contribution in [0.15, 0.2) is 0 Å². The fourth-order valence-electron chi connectivity index (χ4n) is 1.58. The molecular weight excluding hydrogens is 166 g/mol. The normalized spacial score (nSPS) is 15.3. The Hall–Kier alpha value is -0.570. The summed E-state index contributed by atoms with van der Waals surface area (Å²) in [5.74, 6) is -0.715. The van der Waals surface area contributed by atoms with Gasteiger partial charge in [-0.25, -0.2) is 0 Å². The molecule has 78 valence electrons. The van der Waals surface area contributed by atoms with Crippen LogP contribution in [0.25, 0.3) is 0 Å². The number of carboxylic acid groups (broad SMARTS) is 1. The van der Waals surface area contributed by atoms with Gasteiger partial charge in [0.2, 0.25) is 0 Å². The SMILES string of the molecule is CCCCC(CC)(CC(=O)O)NC. The van der Waals surface area contributed by atoms with E-state index >= 15 is 0 Å². The third-order valence-electron chi connectivity index (χ3n) is 2.71. The van der Waals surface area contributed by atoms with Gasteiger partial charge in [-0.2, -0.15) is 0 Å². The van der Waals surface area contributed by atoms with Crippen molar-refractivity contribution < 1.29 is 9.90 Å². The van der Waals surface area contributed by atoms with E-state index in [-0.39, 0.29) is 12.0 Å². The molecule has 0 bridgehead atoms. The number of unbranched alkanes of at least 4 members (excludes halogenated alkanes) is 1. The molecule has 0 aliphatic carbocycles. The number of aliphatic carboxylic acids is 1. The van der Waals surface area contributed by atoms with Gasteiger partial charge in [0.25, 0.3) is 0 Å². The molecule has 0 aliphatic heterocycles. The molecular formula is C10H21NO2. The van der Waals surface area contributed by atoms with Crippen LogP contribution in [-0.2, 0) is 4.79 Å². The molecule has 3 heteroatoms. The minimum Gasteiger partial charge on any atom is -0.481 e. The molecule has 0 aromatic heterocycles. The van der Waals surface area contributed by atoms with Crippen LogP contribution in [0.4, 0.5) is 0 Å². The van der Waals surface area contributed by atoms with Crippen molar-refractivity contribution in [3.05, 3.63) is 0 Å². The zero-order valence-electron chi connectivity index (χ0n) is 8.89. The summed E-state index contributed by atoms with van der Waals surface area (Å²) in [4.78, 5) is 10.7. The molecule has 3 nitrogen and oxygen atoms in total. The summed E-state index contributed by atoms with van der Waals surface area (Å²) in [5.41, 5.74) is -0.193. The maximum atomic E-state index is 10.7. The first-order valence-corrected chi connectivity index (χ1v) is 5.01. The van der Waals surface area contributed by atoms with Gasteiger partial charge in [-0.05, 0) is 19.9 Å². The zero-order valence-corrected chi connectivity index (χ0v) is 8.89. The van der Waals surface area contributed by atoms with Crippen LogP contribution >= 0.6 is 0 Å². The van der Waals surface area contributed by atoms with E-state index in [1.54, 1.807) is 0 Å². The van der Waals surface area contributed by atoms with Crippen molar-refractivity contribution >= 4 is 5.97 Å². The predicted molar refractivity (Wildman–Crippen MR) is 53.9 cm³/mol. The van der Waals surface area contributed by atoms with Crippen molar-refractivity contribution in [2.75, 3.05) is 7.05 Å². The highest BCUT2D eigenvalue weighted by Gasteiger charge is 2.28. The first-order valence-electron chi connectivity index (χ1n) is 5.01. The number of hydrogen-bond acceptors (Lipinski definition) is 2. The fraction of sp³-hybridized carbons (Fsp3) is 0.900. The van der Waals surface area contributed by atoms with E-state index in [0.29, 0.717) is 0 Å². The van der Waals surface area contributed by atoms with Gasteiger partial charge in [0, 0.05) is 5.54 Å². The van der Waals surface area contributed by atoms with E-state index < -0.39 is 5.97 Å². The van der Waals surface area contributed by atoms with Gasteiger partial charge in [-0.1, -0.05) is 26.7 Å². The quantitative estimate of drug-likeness (QED) is 0.641. The average molecular weight is 187 g/mol. The van der Waals surface area contributed by atoms with Gasteiger partial charge in [-0.3, -0.25) is 4.79 Å². The summed E-state index contributed by atoms with van der Waals surface area (Å²) in [6, 6.07) is 0. The van der Waals surface area contributed by atoms with Crippen LogP contribution in [0, 0.1) is 0 Å². The number of nitrogens with one attached hydrogen (secondary N) is 1. The summed E-state index contributed by atoms with van der Waals surface area (Å²) in [5, 5.41) is 11.9. The van der Waals surface area contributed by atoms with E-state index in [0.717, 1.165) is 25.7 Å². The largest absolute Gasteiger partial charge is 0.481 e. The van der Waals surface area contributed by atoms with E-state index in [1.165, 1.54) is 0 Å². The highest BCUT2D eigenvalue weighted by Crippen LogP contribution is 2.22. The minimum absolute atomic E-state index is 0.193. The first kappa shape index (κ1) is 12.4. The molecule has 1 atom stereocenters. The molecule has 0 aliphatic rings. The molecule has 0 radical (unpaired) electrons. The Bertz CT molecular complexity index is 153.